The van der Waals surface area contributed by atoms with Gasteiger partial charge in [0.05, 0.1) is 10.7 Å². The minimum atomic E-state index is 0.588. The van der Waals surface area contributed by atoms with Crippen LogP contribution in [-0.2, 0) is 0 Å². The maximum Gasteiger partial charge on any atom is 0.138 e. The van der Waals surface area contributed by atoms with Crippen LogP contribution in [0.25, 0.3) is 5.65 Å². The van der Waals surface area contributed by atoms with Crippen LogP contribution >= 0.6 is 11.6 Å². The van der Waals surface area contributed by atoms with Crippen LogP contribution in [0.3, 0.4) is 0 Å². The minimum Gasteiger partial charge on any atom is -0.367 e. The number of rotatable bonds is 3. The van der Waals surface area contributed by atoms with E-state index in [0.717, 1.165) is 10.7 Å². The summed E-state index contributed by atoms with van der Waals surface area (Å²) in [5, 5.41) is 4.61. The molecule has 3 nitrogen and oxygen atoms in total. The third-order valence-corrected chi connectivity index (χ3v) is 5.77. The number of hydrogen-bond donors (Lipinski definition) is 1. The van der Waals surface area contributed by atoms with Crippen LogP contribution in [0.2, 0.25) is 5.02 Å². The van der Waals surface area contributed by atoms with Crippen molar-refractivity contribution in [3.63, 3.8) is 0 Å². The van der Waals surface area contributed by atoms with Gasteiger partial charge in [0.25, 0.3) is 0 Å². The third-order valence-electron chi connectivity index (χ3n) is 5.55. The summed E-state index contributed by atoms with van der Waals surface area (Å²) in [5.74, 6) is 1.81. The highest BCUT2D eigenvalue weighted by Crippen LogP contribution is 2.37. The lowest BCUT2D eigenvalue weighted by Gasteiger charge is -2.26. The highest BCUT2D eigenvalue weighted by Gasteiger charge is 2.25. The molecule has 0 atom stereocenters. The van der Waals surface area contributed by atoms with E-state index >= 15 is 0 Å². The molecule has 1 N–H and O–H groups in total. The Labute approximate surface area is 143 Å². The van der Waals surface area contributed by atoms with Gasteiger partial charge < -0.3 is 5.32 Å². The van der Waals surface area contributed by atoms with Gasteiger partial charge in [-0.25, -0.2) is 4.98 Å². The first-order valence-electron chi connectivity index (χ1n) is 9.25. The second-order valence-electron chi connectivity index (χ2n) is 7.24. The molecule has 0 radical (unpaired) electrons. The lowest BCUT2D eigenvalue weighted by Crippen LogP contribution is -2.24. The summed E-state index contributed by atoms with van der Waals surface area (Å²) in [5.41, 5.74) is 2.30. The number of fused-ring (bicyclic) bond motifs is 1. The molecule has 0 aromatic carbocycles. The van der Waals surface area contributed by atoms with Crippen molar-refractivity contribution in [1.29, 1.82) is 0 Å². The van der Waals surface area contributed by atoms with Crippen molar-refractivity contribution in [1.82, 2.24) is 9.38 Å². The smallest absolute Gasteiger partial charge is 0.138 e. The van der Waals surface area contributed by atoms with Gasteiger partial charge in [-0.05, 0) is 37.8 Å². The van der Waals surface area contributed by atoms with Gasteiger partial charge in [0.15, 0.2) is 0 Å². The molecule has 0 amide bonds. The second kappa shape index (κ2) is 6.72. The van der Waals surface area contributed by atoms with E-state index in [4.69, 9.17) is 16.6 Å². The summed E-state index contributed by atoms with van der Waals surface area (Å²) in [4.78, 5) is 4.98. The predicted octanol–water partition coefficient (Wildman–Crippen LogP) is 5.78. The van der Waals surface area contributed by atoms with Crippen LogP contribution in [0.15, 0.2) is 18.3 Å². The van der Waals surface area contributed by atoms with E-state index in [9.17, 15) is 0 Å². The number of pyridine rings is 1. The molecule has 0 unspecified atom stereocenters. The number of anilines is 1. The summed E-state index contributed by atoms with van der Waals surface area (Å²) < 4.78 is 2.18. The summed E-state index contributed by atoms with van der Waals surface area (Å²) in [6.07, 6.45) is 15.2. The highest BCUT2D eigenvalue weighted by atomic mass is 35.5. The van der Waals surface area contributed by atoms with Crippen LogP contribution in [0.5, 0.6) is 0 Å². The van der Waals surface area contributed by atoms with Crippen molar-refractivity contribution >= 4 is 23.1 Å². The summed E-state index contributed by atoms with van der Waals surface area (Å²) in [7, 11) is 0. The molecule has 2 saturated carbocycles. The third kappa shape index (κ3) is 3.21. The molecule has 2 heterocycles. The monoisotopic (exact) mass is 331 g/mol. The van der Waals surface area contributed by atoms with E-state index < -0.39 is 0 Å². The van der Waals surface area contributed by atoms with Gasteiger partial charge in [0.1, 0.15) is 11.5 Å². The zero-order valence-electron chi connectivity index (χ0n) is 13.7. The zero-order chi connectivity index (χ0) is 15.6. The molecule has 2 aromatic rings. The Bertz CT molecular complexity index is 667. The number of halogens is 1. The van der Waals surface area contributed by atoms with Crippen LogP contribution in [0, 0.1) is 0 Å². The number of nitrogens with zero attached hydrogens (tertiary/aromatic N) is 2. The Balaban J connectivity index is 1.72. The molecule has 23 heavy (non-hydrogen) atoms. The second-order valence-corrected chi connectivity index (χ2v) is 7.67. The average Bonchev–Trinajstić information content (AvgIpc) is 2.95. The molecule has 0 saturated heterocycles. The molecule has 2 aromatic heterocycles. The lowest BCUT2D eigenvalue weighted by atomic mass is 9.86. The quantitative estimate of drug-likeness (QED) is 0.772. The molecular weight excluding hydrogens is 306 g/mol. The Morgan fingerprint density at radius 3 is 2.39 bits per heavy atom. The first kappa shape index (κ1) is 15.3. The van der Waals surface area contributed by atoms with Crippen LogP contribution in [0.4, 0.5) is 5.82 Å². The van der Waals surface area contributed by atoms with Crippen molar-refractivity contribution in [2.45, 2.75) is 76.2 Å². The van der Waals surface area contributed by atoms with Crippen molar-refractivity contribution in [2.24, 2.45) is 0 Å². The maximum atomic E-state index is 6.25. The molecule has 4 rings (SSSR count). The molecule has 0 spiro atoms. The van der Waals surface area contributed by atoms with Crippen molar-refractivity contribution < 1.29 is 0 Å². The number of nitrogens with one attached hydrogen (secondary N) is 1. The topological polar surface area (TPSA) is 29.3 Å². The van der Waals surface area contributed by atoms with Crippen molar-refractivity contribution in [3.8, 4) is 0 Å². The van der Waals surface area contributed by atoms with Crippen molar-refractivity contribution in [2.75, 3.05) is 5.32 Å². The summed E-state index contributed by atoms with van der Waals surface area (Å²) in [6.45, 7) is 0. The van der Waals surface area contributed by atoms with Gasteiger partial charge in [-0.3, -0.25) is 4.40 Å². The van der Waals surface area contributed by atoms with E-state index in [1.165, 1.54) is 75.7 Å². The maximum absolute atomic E-state index is 6.25. The average molecular weight is 332 g/mol. The van der Waals surface area contributed by atoms with E-state index in [1.54, 1.807) is 0 Å². The molecule has 2 fully saturated rings. The first-order chi connectivity index (χ1) is 11.3. The first-order valence-corrected chi connectivity index (χ1v) is 9.63. The van der Waals surface area contributed by atoms with Crippen LogP contribution in [0.1, 0.15) is 75.8 Å². The largest absolute Gasteiger partial charge is 0.367 e. The van der Waals surface area contributed by atoms with Crippen LogP contribution in [-0.4, -0.2) is 15.4 Å². The Morgan fingerprint density at radius 2 is 1.65 bits per heavy atom. The van der Waals surface area contributed by atoms with E-state index in [0.29, 0.717) is 12.0 Å². The fraction of sp³-hybridized carbons (Fsp3) is 0.632. The van der Waals surface area contributed by atoms with E-state index in [-0.39, 0.29) is 0 Å². The number of hydrogen-bond acceptors (Lipinski definition) is 2. The van der Waals surface area contributed by atoms with E-state index in [1.807, 2.05) is 18.3 Å². The Hall–Kier alpha value is -1.22. The zero-order valence-corrected chi connectivity index (χ0v) is 14.5. The normalized spacial score (nSPS) is 20.9. The Morgan fingerprint density at radius 1 is 0.957 bits per heavy atom. The van der Waals surface area contributed by atoms with Gasteiger partial charge in [-0.2, -0.15) is 0 Å². The number of aromatic nitrogens is 2. The van der Waals surface area contributed by atoms with Gasteiger partial charge in [0.2, 0.25) is 0 Å². The lowest BCUT2D eigenvalue weighted by molar-refractivity contribution is 0.435. The molecule has 2 aliphatic rings. The summed E-state index contributed by atoms with van der Waals surface area (Å²) in [6, 6.07) is 4.57. The van der Waals surface area contributed by atoms with Crippen molar-refractivity contribution in [3.05, 3.63) is 29.0 Å². The van der Waals surface area contributed by atoms with Gasteiger partial charge >= 0.3 is 0 Å². The summed E-state index contributed by atoms with van der Waals surface area (Å²) >= 11 is 6.25. The Kier molecular flexibility index (Phi) is 4.48. The van der Waals surface area contributed by atoms with Crippen LogP contribution < -0.4 is 5.32 Å². The predicted molar refractivity (Wildman–Crippen MR) is 96.5 cm³/mol. The SMILES string of the molecule is Clc1ccc2nc(C3CCCCC3)c(NC3CCCCC3)n2c1. The fourth-order valence-electron chi connectivity index (χ4n) is 4.28. The van der Waals surface area contributed by atoms with E-state index in [2.05, 4.69) is 9.72 Å². The molecule has 4 heteroatoms. The standard InChI is InChI=1S/C19H26ClN3/c20-15-11-12-17-22-18(14-7-3-1-4-8-14)19(23(17)13-15)21-16-9-5-2-6-10-16/h11-14,16,21H,1-10H2. The number of imidazole rings is 1. The molecule has 124 valence electrons. The molecule has 0 bridgehead atoms. The minimum absolute atomic E-state index is 0.588. The van der Waals surface area contributed by atoms with Gasteiger partial charge in [-0.15, -0.1) is 0 Å². The fourth-order valence-corrected chi connectivity index (χ4v) is 4.44. The molecular formula is C19H26ClN3. The van der Waals surface area contributed by atoms with Gasteiger partial charge in [0, 0.05) is 18.2 Å². The highest BCUT2D eigenvalue weighted by molar-refractivity contribution is 6.30. The molecule has 0 aliphatic heterocycles. The van der Waals surface area contributed by atoms with Gasteiger partial charge in [-0.1, -0.05) is 50.1 Å². The molecule has 2 aliphatic carbocycles.